The molecule has 1 fully saturated rings. The highest BCUT2D eigenvalue weighted by Gasteiger charge is 2.46. The summed E-state index contributed by atoms with van der Waals surface area (Å²) >= 11 is 0. The molecule has 2 heterocycles. The number of hydrogen-bond donors (Lipinski definition) is 2. The SMILES string of the molecule is O=C(c1ccc[nH]1)C1CNCCC1(Cc1ccccc1)c1ccccc1. The maximum atomic E-state index is 13.4. The number of hydrogen-bond acceptors (Lipinski definition) is 2. The van der Waals surface area contributed by atoms with Gasteiger partial charge in [0.25, 0.3) is 0 Å². The second-order valence-corrected chi connectivity index (χ2v) is 7.14. The maximum Gasteiger partial charge on any atom is 0.184 e. The van der Waals surface area contributed by atoms with Crippen molar-refractivity contribution in [2.45, 2.75) is 18.3 Å². The van der Waals surface area contributed by atoms with Crippen LogP contribution in [0.4, 0.5) is 0 Å². The smallest absolute Gasteiger partial charge is 0.184 e. The van der Waals surface area contributed by atoms with E-state index in [0.29, 0.717) is 12.2 Å². The number of nitrogens with one attached hydrogen (secondary N) is 2. The molecule has 0 bridgehead atoms. The lowest BCUT2D eigenvalue weighted by Crippen LogP contribution is -2.52. The van der Waals surface area contributed by atoms with Gasteiger partial charge in [0, 0.05) is 24.1 Å². The third-order valence-electron chi connectivity index (χ3n) is 5.65. The van der Waals surface area contributed by atoms with Crippen molar-refractivity contribution in [2.24, 2.45) is 5.92 Å². The molecule has 2 aromatic carbocycles. The van der Waals surface area contributed by atoms with Crippen molar-refractivity contribution in [1.29, 1.82) is 0 Å². The van der Waals surface area contributed by atoms with E-state index in [1.807, 2.05) is 30.5 Å². The molecule has 0 aliphatic carbocycles. The van der Waals surface area contributed by atoms with Gasteiger partial charge in [-0.15, -0.1) is 0 Å². The van der Waals surface area contributed by atoms with Crippen molar-refractivity contribution in [1.82, 2.24) is 10.3 Å². The topological polar surface area (TPSA) is 44.9 Å². The summed E-state index contributed by atoms with van der Waals surface area (Å²) in [6, 6.07) is 24.9. The van der Waals surface area contributed by atoms with E-state index in [1.165, 1.54) is 11.1 Å². The summed E-state index contributed by atoms with van der Waals surface area (Å²) in [4.78, 5) is 16.5. The number of carbonyl (C=O) groups is 1. The highest BCUT2D eigenvalue weighted by Crippen LogP contribution is 2.42. The summed E-state index contributed by atoms with van der Waals surface area (Å²) in [6.07, 6.45) is 3.64. The van der Waals surface area contributed by atoms with Crippen LogP contribution in [0.2, 0.25) is 0 Å². The molecule has 3 aromatic rings. The van der Waals surface area contributed by atoms with E-state index in [2.05, 4.69) is 58.8 Å². The van der Waals surface area contributed by atoms with Crippen molar-refractivity contribution in [3.63, 3.8) is 0 Å². The Morgan fingerprint density at radius 1 is 0.962 bits per heavy atom. The summed E-state index contributed by atoms with van der Waals surface area (Å²) in [7, 11) is 0. The first-order valence-electron chi connectivity index (χ1n) is 9.27. The molecule has 1 aliphatic heterocycles. The van der Waals surface area contributed by atoms with Crippen molar-refractivity contribution in [2.75, 3.05) is 13.1 Å². The average molecular weight is 344 g/mol. The number of ketones is 1. The Kier molecular flexibility index (Phi) is 4.72. The number of H-pyrrole nitrogens is 1. The second kappa shape index (κ2) is 7.30. The maximum absolute atomic E-state index is 13.4. The molecule has 0 spiro atoms. The van der Waals surface area contributed by atoms with Gasteiger partial charge in [0.2, 0.25) is 0 Å². The number of Topliss-reactive ketones (excluding diaryl/α,β-unsaturated/α-hetero) is 1. The van der Waals surface area contributed by atoms with E-state index in [4.69, 9.17) is 0 Å². The molecule has 0 amide bonds. The summed E-state index contributed by atoms with van der Waals surface area (Å²) in [5.41, 5.74) is 3.04. The lowest BCUT2D eigenvalue weighted by Gasteiger charge is -2.44. The fourth-order valence-corrected chi connectivity index (χ4v) is 4.33. The van der Waals surface area contributed by atoms with Crippen molar-refractivity contribution < 1.29 is 4.79 Å². The van der Waals surface area contributed by atoms with Gasteiger partial charge in [-0.3, -0.25) is 4.79 Å². The zero-order valence-corrected chi connectivity index (χ0v) is 14.8. The summed E-state index contributed by atoms with van der Waals surface area (Å²) in [5.74, 6) is 0.0968. The van der Waals surface area contributed by atoms with Gasteiger partial charge in [0.15, 0.2) is 5.78 Å². The van der Waals surface area contributed by atoms with Gasteiger partial charge in [-0.2, -0.15) is 0 Å². The standard InChI is InChI=1S/C23H24N2O/c26-22(21-12-7-14-25-21)20-17-24-15-13-23(20,19-10-5-2-6-11-19)16-18-8-3-1-4-9-18/h1-12,14,20,24-25H,13,15-17H2. The van der Waals surface area contributed by atoms with E-state index in [1.54, 1.807) is 0 Å². The van der Waals surface area contributed by atoms with Crippen LogP contribution in [-0.2, 0) is 11.8 Å². The number of benzene rings is 2. The van der Waals surface area contributed by atoms with Gasteiger partial charge in [0.1, 0.15) is 0 Å². The molecule has 1 aromatic heterocycles. The van der Waals surface area contributed by atoms with Gasteiger partial charge in [-0.1, -0.05) is 60.7 Å². The van der Waals surface area contributed by atoms with Crippen molar-refractivity contribution in [3.05, 3.63) is 95.8 Å². The Morgan fingerprint density at radius 2 is 1.69 bits per heavy atom. The van der Waals surface area contributed by atoms with Crippen LogP contribution in [0.15, 0.2) is 79.0 Å². The molecule has 2 atom stereocenters. The van der Waals surface area contributed by atoms with E-state index >= 15 is 0 Å². The van der Waals surface area contributed by atoms with Gasteiger partial charge in [-0.05, 0) is 42.6 Å². The number of carbonyl (C=O) groups excluding carboxylic acids is 1. The third-order valence-corrected chi connectivity index (χ3v) is 5.65. The highest BCUT2D eigenvalue weighted by atomic mass is 16.1. The quantitative estimate of drug-likeness (QED) is 0.688. The molecule has 4 rings (SSSR count). The largest absolute Gasteiger partial charge is 0.359 e. The molecule has 1 saturated heterocycles. The minimum Gasteiger partial charge on any atom is -0.359 e. The third kappa shape index (κ3) is 3.11. The van der Waals surface area contributed by atoms with E-state index < -0.39 is 0 Å². The Labute approximate surface area is 154 Å². The minimum atomic E-state index is -0.198. The van der Waals surface area contributed by atoms with Gasteiger partial charge in [-0.25, -0.2) is 0 Å². The lowest BCUT2D eigenvalue weighted by molar-refractivity contribution is 0.0790. The first-order chi connectivity index (χ1) is 12.8. The van der Waals surface area contributed by atoms with Gasteiger partial charge < -0.3 is 10.3 Å². The molecule has 3 nitrogen and oxygen atoms in total. The van der Waals surface area contributed by atoms with Gasteiger partial charge >= 0.3 is 0 Å². The normalized spacial score (nSPS) is 22.8. The highest BCUT2D eigenvalue weighted by molar-refractivity contribution is 5.97. The van der Waals surface area contributed by atoms with Crippen LogP contribution in [0, 0.1) is 5.92 Å². The van der Waals surface area contributed by atoms with Crippen LogP contribution < -0.4 is 5.32 Å². The van der Waals surface area contributed by atoms with Crippen LogP contribution in [0.5, 0.6) is 0 Å². The zero-order chi connectivity index (χ0) is 17.8. The van der Waals surface area contributed by atoms with E-state index in [0.717, 1.165) is 19.4 Å². The molecule has 2 unspecified atom stereocenters. The van der Waals surface area contributed by atoms with Crippen LogP contribution in [0.25, 0.3) is 0 Å². The first-order valence-corrected chi connectivity index (χ1v) is 9.27. The Hall–Kier alpha value is -2.65. The fraction of sp³-hybridized carbons (Fsp3) is 0.261. The summed E-state index contributed by atoms with van der Waals surface area (Å²) in [6.45, 7) is 1.63. The Morgan fingerprint density at radius 3 is 2.38 bits per heavy atom. The fourth-order valence-electron chi connectivity index (χ4n) is 4.33. The van der Waals surface area contributed by atoms with Crippen LogP contribution in [-0.4, -0.2) is 23.9 Å². The Balaban J connectivity index is 1.80. The van der Waals surface area contributed by atoms with Crippen molar-refractivity contribution >= 4 is 5.78 Å². The molecule has 2 N–H and O–H groups in total. The molecular formula is C23H24N2O. The molecule has 3 heteroatoms. The predicted octanol–water partition coefficient (Wildman–Crippen LogP) is 3.99. The zero-order valence-electron chi connectivity index (χ0n) is 14.8. The molecule has 1 aliphatic rings. The average Bonchev–Trinajstić information content (AvgIpc) is 3.24. The van der Waals surface area contributed by atoms with Crippen molar-refractivity contribution in [3.8, 4) is 0 Å². The second-order valence-electron chi connectivity index (χ2n) is 7.14. The molecular weight excluding hydrogens is 320 g/mol. The molecule has 0 radical (unpaired) electrons. The summed E-state index contributed by atoms with van der Waals surface area (Å²) in [5, 5.41) is 3.45. The molecule has 132 valence electrons. The number of rotatable bonds is 5. The number of aromatic nitrogens is 1. The monoisotopic (exact) mass is 344 g/mol. The molecule has 0 saturated carbocycles. The lowest BCUT2D eigenvalue weighted by atomic mass is 9.61. The Bertz CT molecular complexity index is 842. The number of aromatic amines is 1. The van der Waals surface area contributed by atoms with Gasteiger partial charge in [0.05, 0.1) is 5.69 Å². The van der Waals surface area contributed by atoms with E-state index in [-0.39, 0.29) is 17.1 Å². The minimum absolute atomic E-state index is 0.0995. The van der Waals surface area contributed by atoms with Crippen LogP contribution >= 0.6 is 0 Å². The number of piperidine rings is 1. The van der Waals surface area contributed by atoms with Crippen LogP contribution in [0.1, 0.15) is 28.0 Å². The first kappa shape index (κ1) is 16.8. The molecule has 26 heavy (non-hydrogen) atoms. The summed E-state index contributed by atoms with van der Waals surface area (Å²) < 4.78 is 0. The van der Waals surface area contributed by atoms with E-state index in [9.17, 15) is 4.79 Å². The predicted molar refractivity (Wildman–Crippen MR) is 104 cm³/mol. The van der Waals surface area contributed by atoms with Crippen LogP contribution in [0.3, 0.4) is 0 Å².